The van der Waals surface area contributed by atoms with Gasteiger partial charge in [-0.3, -0.25) is 19.7 Å². The van der Waals surface area contributed by atoms with E-state index < -0.39 is 10.8 Å². The molecule has 2 N–H and O–H groups in total. The number of nitro benzene ring substituents is 1. The molecule has 0 heterocycles. The summed E-state index contributed by atoms with van der Waals surface area (Å²) in [4.78, 5) is 34.1. The predicted molar refractivity (Wildman–Crippen MR) is 102 cm³/mol. The van der Waals surface area contributed by atoms with E-state index in [1.165, 1.54) is 18.2 Å². The highest BCUT2D eigenvalue weighted by molar-refractivity contribution is 5.96. The van der Waals surface area contributed by atoms with Crippen LogP contribution in [0.4, 0.5) is 5.69 Å². The van der Waals surface area contributed by atoms with Gasteiger partial charge in [-0.1, -0.05) is 12.1 Å². The standard InChI is InChI=1S/C19H21N3O6/c1-27-16-7-6-13(10-17(16)28-2)8-9-20-18(23)12-21-19(24)14-4-3-5-15(11-14)22(25)26/h3-7,10-11H,8-9,12H2,1-2H3,(H,20,23)(H,21,24). The van der Waals surface area contributed by atoms with Crippen LogP contribution < -0.4 is 20.1 Å². The third kappa shape index (κ3) is 5.70. The van der Waals surface area contributed by atoms with E-state index in [1.54, 1.807) is 20.3 Å². The number of benzene rings is 2. The Hall–Kier alpha value is -3.62. The zero-order valence-corrected chi connectivity index (χ0v) is 15.6. The van der Waals surface area contributed by atoms with Crippen LogP contribution in [0.2, 0.25) is 0 Å². The first kappa shape index (κ1) is 20.7. The summed E-state index contributed by atoms with van der Waals surface area (Å²) in [5.41, 5.74) is 0.887. The molecule has 148 valence electrons. The van der Waals surface area contributed by atoms with Crippen LogP contribution in [0.15, 0.2) is 42.5 Å². The zero-order chi connectivity index (χ0) is 20.5. The van der Waals surface area contributed by atoms with Crippen LogP contribution in [0.3, 0.4) is 0 Å². The maximum absolute atomic E-state index is 12.0. The van der Waals surface area contributed by atoms with E-state index in [-0.39, 0.29) is 23.7 Å². The number of nitrogens with zero attached hydrogens (tertiary/aromatic N) is 1. The molecule has 9 nitrogen and oxygen atoms in total. The number of ether oxygens (including phenoxy) is 2. The summed E-state index contributed by atoms with van der Waals surface area (Å²) in [6.07, 6.45) is 0.574. The SMILES string of the molecule is COc1ccc(CCNC(=O)CNC(=O)c2cccc([N+](=O)[O-])c2)cc1OC. The maximum atomic E-state index is 12.0. The van der Waals surface area contributed by atoms with Crippen molar-refractivity contribution in [3.05, 3.63) is 63.7 Å². The Morgan fingerprint density at radius 2 is 1.79 bits per heavy atom. The molecule has 0 spiro atoms. The van der Waals surface area contributed by atoms with Crippen molar-refractivity contribution in [3.8, 4) is 11.5 Å². The molecule has 0 aliphatic carbocycles. The largest absolute Gasteiger partial charge is 0.493 e. The summed E-state index contributed by atoms with van der Waals surface area (Å²) in [5.74, 6) is 0.313. The summed E-state index contributed by atoms with van der Waals surface area (Å²) in [5, 5.41) is 15.9. The van der Waals surface area contributed by atoms with Gasteiger partial charge >= 0.3 is 0 Å². The third-order valence-electron chi connectivity index (χ3n) is 3.91. The molecule has 0 radical (unpaired) electrons. The molecule has 2 aromatic carbocycles. The topological polar surface area (TPSA) is 120 Å². The van der Waals surface area contributed by atoms with E-state index in [0.717, 1.165) is 11.6 Å². The highest BCUT2D eigenvalue weighted by Gasteiger charge is 2.12. The first-order valence-corrected chi connectivity index (χ1v) is 8.45. The summed E-state index contributed by atoms with van der Waals surface area (Å²) in [6, 6.07) is 10.8. The molecular formula is C19H21N3O6. The number of hydrogen-bond acceptors (Lipinski definition) is 6. The first-order valence-electron chi connectivity index (χ1n) is 8.45. The molecular weight excluding hydrogens is 366 g/mol. The normalized spacial score (nSPS) is 10.1. The highest BCUT2D eigenvalue weighted by Crippen LogP contribution is 2.27. The zero-order valence-electron chi connectivity index (χ0n) is 15.6. The van der Waals surface area contributed by atoms with Gasteiger partial charge in [0.05, 0.1) is 25.7 Å². The average molecular weight is 387 g/mol. The second-order valence-corrected chi connectivity index (χ2v) is 5.78. The first-order chi connectivity index (χ1) is 13.4. The Morgan fingerprint density at radius 1 is 1.04 bits per heavy atom. The van der Waals surface area contributed by atoms with E-state index in [0.29, 0.717) is 24.5 Å². The number of carbonyl (C=O) groups is 2. The van der Waals surface area contributed by atoms with Crippen molar-refractivity contribution in [3.63, 3.8) is 0 Å². The maximum Gasteiger partial charge on any atom is 0.270 e. The van der Waals surface area contributed by atoms with Crippen molar-refractivity contribution in [1.29, 1.82) is 0 Å². The molecule has 0 saturated carbocycles. The Kier molecular flexibility index (Phi) is 7.32. The lowest BCUT2D eigenvalue weighted by Crippen LogP contribution is -2.37. The molecule has 2 amide bonds. The van der Waals surface area contributed by atoms with E-state index in [9.17, 15) is 19.7 Å². The van der Waals surface area contributed by atoms with Gasteiger partial charge in [0.2, 0.25) is 5.91 Å². The second-order valence-electron chi connectivity index (χ2n) is 5.78. The van der Waals surface area contributed by atoms with Crippen LogP contribution in [-0.4, -0.2) is 44.0 Å². The molecule has 28 heavy (non-hydrogen) atoms. The summed E-state index contributed by atoms with van der Waals surface area (Å²) < 4.78 is 10.4. The van der Waals surface area contributed by atoms with Gasteiger partial charge in [0.25, 0.3) is 11.6 Å². The van der Waals surface area contributed by atoms with Gasteiger partial charge in [0.15, 0.2) is 11.5 Å². The molecule has 0 fully saturated rings. The van der Waals surface area contributed by atoms with Crippen LogP contribution in [-0.2, 0) is 11.2 Å². The molecule has 2 aromatic rings. The molecule has 0 saturated heterocycles. The van der Waals surface area contributed by atoms with Crippen LogP contribution in [0.5, 0.6) is 11.5 Å². The van der Waals surface area contributed by atoms with Crippen LogP contribution in [0, 0.1) is 10.1 Å². The minimum atomic E-state index is -0.586. The van der Waals surface area contributed by atoms with Crippen molar-refractivity contribution in [2.24, 2.45) is 0 Å². The van der Waals surface area contributed by atoms with Gasteiger partial charge in [0, 0.05) is 24.2 Å². The number of carbonyl (C=O) groups excluding carboxylic acids is 2. The van der Waals surface area contributed by atoms with E-state index in [4.69, 9.17) is 9.47 Å². The molecule has 0 unspecified atom stereocenters. The number of nitro groups is 1. The molecule has 0 bridgehead atoms. The minimum absolute atomic E-state index is 0.118. The Morgan fingerprint density at radius 3 is 2.46 bits per heavy atom. The summed E-state index contributed by atoms with van der Waals surface area (Å²) in [6.45, 7) is 0.147. The lowest BCUT2D eigenvalue weighted by atomic mass is 10.1. The van der Waals surface area contributed by atoms with Crippen LogP contribution in [0.25, 0.3) is 0 Å². The van der Waals surface area contributed by atoms with Gasteiger partial charge in [0.1, 0.15) is 0 Å². The number of rotatable bonds is 9. The van der Waals surface area contributed by atoms with E-state index >= 15 is 0 Å². The predicted octanol–water partition coefficient (Wildman–Crippen LogP) is 1.70. The van der Waals surface area contributed by atoms with Gasteiger partial charge in [-0.25, -0.2) is 0 Å². The molecule has 2 rings (SSSR count). The fourth-order valence-electron chi connectivity index (χ4n) is 2.47. The van der Waals surface area contributed by atoms with Crippen molar-refractivity contribution in [1.82, 2.24) is 10.6 Å². The van der Waals surface area contributed by atoms with Crippen molar-refractivity contribution in [2.45, 2.75) is 6.42 Å². The fourth-order valence-corrected chi connectivity index (χ4v) is 2.47. The Bertz CT molecular complexity index is 868. The highest BCUT2D eigenvalue weighted by atomic mass is 16.6. The number of non-ortho nitro benzene ring substituents is 1. The second kappa shape index (κ2) is 9.91. The average Bonchev–Trinajstić information content (AvgIpc) is 2.71. The summed E-state index contributed by atoms with van der Waals surface area (Å²) in [7, 11) is 3.10. The van der Waals surface area contributed by atoms with Crippen molar-refractivity contribution < 1.29 is 24.0 Å². The van der Waals surface area contributed by atoms with Gasteiger partial charge < -0.3 is 20.1 Å². The van der Waals surface area contributed by atoms with Crippen LogP contribution >= 0.6 is 0 Å². The third-order valence-corrected chi connectivity index (χ3v) is 3.91. The Labute approximate surface area is 161 Å². The minimum Gasteiger partial charge on any atom is -0.493 e. The van der Waals surface area contributed by atoms with Crippen molar-refractivity contribution in [2.75, 3.05) is 27.3 Å². The molecule has 0 aliphatic rings. The van der Waals surface area contributed by atoms with Gasteiger partial charge in [-0.2, -0.15) is 0 Å². The Balaban J connectivity index is 1.79. The van der Waals surface area contributed by atoms with Gasteiger partial charge in [-0.15, -0.1) is 0 Å². The lowest BCUT2D eigenvalue weighted by Gasteiger charge is -2.10. The molecule has 0 atom stereocenters. The number of nitrogens with one attached hydrogen (secondary N) is 2. The van der Waals surface area contributed by atoms with E-state index in [2.05, 4.69) is 10.6 Å². The van der Waals surface area contributed by atoms with Crippen LogP contribution in [0.1, 0.15) is 15.9 Å². The number of methoxy groups -OCH3 is 2. The van der Waals surface area contributed by atoms with E-state index in [1.807, 2.05) is 12.1 Å². The number of hydrogen-bond donors (Lipinski definition) is 2. The molecule has 0 aliphatic heterocycles. The lowest BCUT2D eigenvalue weighted by molar-refractivity contribution is -0.384. The smallest absolute Gasteiger partial charge is 0.270 e. The molecule has 9 heteroatoms. The van der Waals surface area contributed by atoms with Crippen molar-refractivity contribution >= 4 is 17.5 Å². The molecule has 0 aromatic heterocycles. The summed E-state index contributed by atoms with van der Waals surface area (Å²) >= 11 is 0. The quantitative estimate of drug-likeness (QED) is 0.499. The monoisotopic (exact) mass is 387 g/mol. The fraction of sp³-hybridized carbons (Fsp3) is 0.263. The number of amides is 2. The van der Waals surface area contributed by atoms with Gasteiger partial charge in [-0.05, 0) is 30.2 Å².